The molecule has 2 fully saturated rings. The van der Waals surface area contributed by atoms with Crippen LogP contribution in [0.3, 0.4) is 0 Å². The largest absolute Gasteiger partial charge is 0.409 e. The minimum atomic E-state index is -2.12. The molecule has 1 aromatic rings. The van der Waals surface area contributed by atoms with Gasteiger partial charge in [-0.1, -0.05) is 73.0 Å². The van der Waals surface area contributed by atoms with Crippen LogP contribution in [0.1, 0.15) is 73.6 Å². The highest BCUT2D eigenvalue weighted by Gasteiger charge is 2.53. The first-order valence-corrected chi connectivity index (χ1v) is 20.0. The summed E-state index contributed by atoms with van der Waals surface area (Å²) in [6.07, 6.45) is 9.53. The molecule has 1 aliphatic heterocycles. The summed E-state index contributed by atoms with van der Waals surface area (Å²) in [6, 6.07) is 2.13. The number of hydrogen-bond acceptors (Lipinski definition) is 6. The van der Waals surface area contributed by atoms with Gasteiger partial charge in [0.25, 0.3) is 0 Å². The summed E-state index contributed by atoms with van der Waals surface area (Å²) < 4.78 is 14.3. The monoisotopic (exact) mass is 550 g/mol. The molecule has 0 aromatic carbocycles. The van der Waals surface area contributed by atoms with Crippen LogP contribution in [-0.4, -0.2) is 62.4 Å². The van der Waals surface area contributed by atoms with Gasteiger partial charge in [0.1, 0.15) is 11.0 Å². The molecular weight excluding hydrogens is 501 g/mol. The van der Waals surface area contributed by atoms with Crippen molar-refractivity contribution in [3.8, 4) is 0 Å². The predicted molar refractivity (Wildman–Crippen MR) is 160 cm³/mol. The van der Waals surface area contributed by atoms with Crippen LogP contribution in [0, 0.1) is 0 Å². The zero-order valence-electron chi connectivity index (χ0n) is 24.4. The number of hydrogen-bond donors (Lipinski definition) is 1. The Hall–Kier alpha value is -0.876. The summed E-state index contributed by atoms with van der Waals surface area (Å²) in [7, 11) is -4.19. The zero-order chi connectivity index (χ0) is 26.9. The smallest absolute Gasteiger partial charge is 0.226 e. The van der Waals surface area contributed by atoms with Crippen LogP contribution in [0.4, 0.5) is 5.95 Å². The second kappa shape index (κ2) is 11.1. The maximum Gasteiger partial charge on any atom is 0.226 e. The lowest BCUT2D eigenvalue weighted by atomic mass is 9.95. The molecule has 204 valence electrons. The molecule has 3 atom stereocenters. The highest BCUT2D eigenvalue weighted by atomic mass is 32.1. The van der Waals surface area contributed by atoms with Crippen molar-refractivity contribution in [1.82, 2.24) is 15.3 Å². The molecule has 6 nitrogen and oxygen atoms in total. The van der Waals surface area contributed by atoms with Gasteiger partial charge in [-0.05, 0) is 55.2 Å². The Morgan fingerprint density at radius 3 is 1.97 bits per heavy atom. The normalized spacial score (nSPS) is 24.7. The first-order valence-electron chi connectivity index (χ1n) is 13.7. The second-order valence-electron chi connectivity index (χ2n) is 13.7. The maximum absolute atomic E-state index is 7.22. The molecule has 1 aliphatic carbocycles. The van der Waals surface area contributed by atoms with Crippen molar-refractivity contribution in [3.63, 3.8) is 0 Å². The van der Waals surface area contributed by atoms with Crippen LogP contribution < -0.4 is 10.2 Å². The Bertz CT molecular complexity index is 880. The molecule has 1 saturated carbocycles. The SMILES string of the molecule is CC(C)(C)[Si](C)(C)OC1CN(c2ncccn2)C(C(=S)NC2CCCCC2)C1O[Si](C)(C)C(C)(C)C. The number of thiocarbonyl (C=S) groups is 1. The van der Waals surface area contributed by atoms with Gasteiger partial charge in [0.05, 0.1) is 12.2 Å². The molecular formula is C27H50N4O2SSi2. The third kappa shape index (κ3) is 6.76. The van der Waals surface area contributed by atoms with Gasteiger partial charge in [0.2, 0.25) is 5.95 Å². The Kier molecular flexibility index (Phi) is 9.14. The fourth-order valence-corrected chi connectivity index (χ4v) is 7.64. The molecule has 9 heteroatoms. The molecule has 3 unspecified atom stereocenters. The van der Waals surface area contributed by atoms with Gasteiger partial charge in [-0.3, -0.25) is 0 Å². The van der Waals surface area contributed by atoms with Crippen molar-refractivity contribution in [1.29, 1.82) is 0 Å². The van der Waals surface area contributed by atoms with E-state index in [1.54, 1.807) is 0 Å². The first-order chi connectivity index (χ1) is 16.5. The number of rotatable bonds is 7. The molecule has 0 radical (unpaired) electrons. The van der Waals surface area contributed by atoms with E-state index in [9.17, 15) is 0 Å². The number of nitrogens with one attached hydrogen (secondary N) is 1. The molecule has 0 spiro atoms. The molecule has 2 aliphatic rings. The van der Waals surface area contributed by atoms with Gasteiger partial charge in [-0.2, -0.15) is 0 Å². The minimum Gasteiger partial charge on any atom is -0.409 e. The van der Waals surface area contributed by atoms with Gasteiger partial charge in [-0.25, -0.2) is 9.97 Å². The molecule has 36 heavy (non-hydrogen) atoms. The van der Waals surface area contributed by atoms with Crippen molar-refractivity contribution in [2.75, 3.05) is 11.4 Å². The van der Waals surface area contributed by atoms with Crippen LogP contribution in [0.25, 0.3) is 0 Å². The van der Waals surface area contributed by atoms with E-state index in [0.29, 0.717) is 18.5 Å². The average Bonchev–Trinajstić information content (AvgIpc) is 3.10. The van der Waals surface area contributed by atoms with Crippen molar-refractivity contribution in [3.05, 3.63) is 18.5 Å². The molecule has 1 N–H and O–H groups in total. The summed E-state index contributed by atoms with van der Waals surface area (Å²) >= 11 is 6.18. The number of anilines is 1. The molecule has 0 bridgehead atoms. The third-order valence-corrected chi connectivity index (χ3v) is 18.2. The predicted octanol–water partition coefficient (Wildman–Crippen LogP) is 6.70. The molecule has 2 heterocycles. The fraction of sp³-hybridized carbons (Fsp3) is 0.815. The van der Waals surface area contributed by atoms with Gasteiger partial charge in [0, 0.05) is 25.0 Å². The zero-order valence-corrected chi connectivity index (χ0v) is 27.2. The molecule has 3 rings (SSSR count). The Morgan fingerprint density at radius 2 is 1.44 bits per heavy atom. The lowest BCUT2D eigenvalue weighted by molar-refractivity contribution is 0.0643. The van der Waals surface area contributed by atoms with E-state index in [4.69, 9.17) is 21.1 Å². The van der Waals surface area contributed by atoms with Crippen LogP contribution >= 0.6 is 12.2 Å². The minimum absolute atomic E-state index is 0.0775. The van der Waals surface area contributed by atoms with Crippen LogP contribution in [0.15, 0.2) is 18.5 Å². The average molecular weight is 551 g/mol. The quantitative estimate of drug-likeness (QED) is 0.299. The van der Waals surface area contributed by atoms with Crippen molar-refractivity contribution in [2.45, 2.75) is 134 Å². The van der Waals surface area contributed by atoms with Gasteiger partial charge in [-0.15, -0.1) is 0 Å². The first kappa shape index (κ1) is 29.7. The Morgan fingerprint density at radius 1 is 0.917 bits per heavy atom. The molecule has 1 saturated heterocycles. The molecule has 0 amide bonds. The van der Waals surface area contributed by atoms with E-state index in [2.05, 4.69) is 87.9 Å². The highest BCUT2D eigenvalue weighted by molar-refractivity contribution is 7.80. The van der Waals surface area contributed by atoms with E-state index < -0.39 is 16.6 Å². The Balaban J connectivity index is 2.02. The topological polar surface area (TPSA) is 59.5 Å². The van der Waals surface area contributed by atoms with Crippen LogP contribution in [0.2, 0.25) is 36.3 Å². The summed E-state index contributed by atoms with van der Waals surface area (Å²) in [5.74, 6) is 0.695. The lowest BCUT2D eigenvalue weighted by Crippen LogP contribution is -2.57. The summed E-state index contributed by atoms with van der Waals surface area (Å²) in [6.45, 7) is 23.7. The van der Waals surface area contributed by atoms with Crippen LogP contribution in [0.5, 0.6) is 0 Å². The van der Waals surface area contributed by atoms with Gasteiger partial charge >= 0.3 is 0 Å². The molecule has 1 aromatic heterocycles. The van der Waals surface area contributed by atoms with Crippen molar-refractivity contribution >= 4 is 39.8 Å². The van der Waals surface area contributed by atoms with E-state index in [0.717, 1.165) is 4.99 Å². The van der Waals surface area contributed by atoms with Crippen molar-refractivity contribution < 1.29 is 8.85 Å². The number of aromatic nitrogens is 2. The fourth-order valence-electron chi connectivity index (χ4n) is 4.58. The Labute approximate surface area is 227 Å². The standard InChI is InChI=1S/C27H50N4O2SSi2/c1-26(2,3)35(7,8)32-21-19-31(25-28-17-14-18-29-25)22(23(21)33-36(9,10)27(4,5)6)24(34)30-20-15-12-11-13-16-20/h14,17-18,20-23H,11-13,15-16,19H2,1-10H3,(H,30,34). The van der Waals surface area contributed by atoms with E-state index in [-0.39, 0.29) is 28.3 Å². The van der Waals surface area contributed by atoms with Crippen LogP contribution in [-0.2, 0) is 8.85 Å². The van der Waals surface area contributed by atoms with Gasteiger partial charge in [0.15, 0.2) is 16.6 Å². The lowest BCUT2D eigenvalue weighted by Gasteiger charge is -2.44. The highest BCUT2D eigenvalue weighted by Crippen LogP contribution is 2.43. The number of nitrogens with zero attached hydrogens (tertiary/aromatic N) is 3. The third-order valence-electron chi connectivity index (χ3n) is 8.91. The van der Waals surface area contributed by atoms with E-state index >= 15 is 0 Å². The summed E-state index contributed by atoms with van der Waals surface area (Å²) in [5.41, 5.74) is 0. The summed E-state index contributed by atoms with van der Waals surface area (Å²) in [5, 5.41) is 3.93. The van der Waals surface area contributed by atoms with E-state index in [1.807, 2.05) is 18.5 Å². The second-order valence-corrected chi connectivity index (χ2v) is 23.7. The van der Waals surface area contributed by atoms with Gasteiger partial charge < -0.3 is 19.1 Å². The van der Waals surface area contributed by atoms with E-state index in [1.165, 1.54) is 32.1 Å². The van der Waals surface area contributed by atoms with Crippen molar-refractivity contribution in [2.24, 2.45) is 0 Å². The summed E-state index contributed by atoms with van der Waals surface area (Å²) in [4.78, 5) is 12.4. The maximum atomic E-state index is 7.22.